The molecule has 2 fully saturated rings. The first-order valence-electron chi connectivity index (χ1n) is 9.99. The average Bonchev–Trinajstić information content (AvgIpc) is 3.25. The maximum atomic E-state index is 12.9. The second-order valence-electron chi connectivity index (χ2n) is 8.22. The van der Waals surface area contributed by atoms with E-state index in [0.717, 1.165) is 56.8 Å². The molecule has 6 nitrogen and oxygen atoms in total. The standard InChI is InChI=1S/C22H27N3O3/c1-16-12-19(17(2)28-16)21(27)25-11-7-22(15-25)5-9-24(10-6-22)20(26)13-18-4-3-8-23-14-18/h3-4,8,12,14H,5-7,9-11,13,15H2,1-2H3. The fourth-order valence-corrected chi connectivity index (χ4v) is 4.55. The summed E-state index contributed by atoms with van der Waals surface area (Å²) in [5.41, 5.74) is 1.78. The van der Waals surface area contributed by atoms with Gasteiger partial charge in [0.15, 0.2) is 0 Å². The van der Waals surface area contributed by atoms with Crippen molar-refractivity contribution in [2.24, 2.45) is 5.41 Å². The maximum Gasteiger partial charge on any atom is 0.257 e. The summed E-state index contributed by atoms with van der Waals surface area (Å²) in [6.07, 6.45) is 6.81. The zero-order valence-corrected chi connectivity index (χ0v) is 16.6. The molecule has 4 heterocycles. The Kier molecular flexibility index (Phi) is 4.96. The van der Waals surface area contributed by atoms with Crippen molar-refractivity contribution in [3.8, 4) is 0 Å². The number of likely N-dealkylation sites (tertiary alicyclic amines) is 2. The summed E-state index contributed by atoms with van der Waals surface area (Å²) >= 11 is 0. The van der Waals surface area contributed by atoms with Gasteiger partial charge in [-0.15, -0.1) is 0 Å². The minimum atomic E-state index is 0.0707. The highest BCUT2D eigenvalue weighted by atomic mass is 16.3. The van der Waals surface area contributed by atoms with Crippen molar-refractivity contribution in [3.05, 3.63) is 53.2 Å². The smallest absolute Gasteiger partial charge is 0.257 e. The first kappa shape index (κ1) is 18.7. The Labute approximate surface area is 165 Å². The SMILES string of the molecule is Cc1cc(C(=O)N2CCC3(CCN(C(=O)Cc4cccnc4)CC3)C2)c(C)o1. The van der Waals surface area contributed by atoms with Gasteiger partial charge in [0.25, 0.3) is 5.91 Å². The third-order valence-electron chi connectivity index (χ3n) is 6.25. The zero-order valence-electron chi connectivity index (χ0n) is 16.6. The molecule has 6 heteroatoms. The molecule has 0 unspecified atom stereocenters. The van der Waals surface area contributed by atoms with Gasteiger partial charge in [0, 0.05) is 38.6 Å². The van der Waals surface area contributed by atoms with Crippen LogP contribution in [0.3, 0.4) is 0 Å². The second kappa shape index (κ2) is 7.41. The molecular formula is C22H27N3O3. The average molecular weight is 381 g/mol. The van der Waals surface area contributed by atoms with Crippen molar-refractivity contribution in [2.45, 2.75) is 39.5 Å². The summed E-state index contributed by atoms with van der Waals surface area (Å²) in [4.78, 5) is 33.5. The van der Waals surface area contributed by atoms with Crippen LogP contribution in [0.5, 0.6) is 0 Å². The van der Waals surface area contributed by atoms with E-state index in [2.05, 4.69) is 4.98 Å². The number of aryl methyl sites for hydroxylation is 2. The molecule has 28 heavy (non-hydrogen) atoms. The zero-order chi connectivity index (χ0) is 19.7. The number of carbonyl (C=O) groups excluding carboxylic acids is 2. The molecule has 2 aromatic heterocycles. The molecule has 148 valence electrons. The molecule has 0 saturated carbocycles. The predicted molar refractivity (Wildman–Crippen MR) is 105 cm³/mol. The van der Waals surface area contributed by atoms with Crippen LogP contribution >= 0.6 is 0 Å². The first-order valence-corrected chi connectivity index (χ1v) is 9.99. The van der Waals surface area contributed by atoms with Crippen molar-refractivity contribution in [1.29, 1.82) is 0 Å². The number of rotatable bonds is 3. The van der Waals surface area contributed by atoms with E-state index in [0.29, 0.717) is 17.7 Å². The topological polar surface area (TPSA) is 66.7 Å². The van der Waals surface area contributed by atoms with E-state index in [1.54, 1.807) is 12.4 Å². The van der Waals surface area contributed by atoms with Crippen LogP contribution in [0.15, 0.2) is 35.0 Å². The van der Waals surface area contributed by atoms with Gasteiger partial charge in [0.1, 0.15) is 11.5 Å². The lowest BCUT2D eigenvalue weighted by Crippen LogP contribution is -2.45. The van der Waals surface area contributed by atoms with Crippen molar-refractivity contribution in [2.75, 3.05) is 26.2 Å². The van der Waals surface area contributed by atoms with E-state index in [-0.39, 0.29) is 17.2 Å². The molecule has 0 aliphatic carbocycles. The number of hydrogen-bond acceptors (Lipinski definition) is 4. The molecule has 2 amide bonds. The molecule has 2 aliphatic rings. The fraction of sp³-hybridized carbons (Fsp3) is 0.500. The normalized spacial score (nSPS) is 18.6. The van der Waals surface area contributed by atoms with Crippen LogP contribution in [0.4, 0.5) is 0 Å². The van der Waals surface area contributed by atoms with Crippen molar-refractivity contribution < 1.29 is 14.0 Å². The number of piperidine rings is 1. The Morgan fingerprint density at radius 1 is 1.14 bits per heavy atom. The second-order valence-corrected chi connectivity index (χ2v) is 8.22. The first-order chi connectivity index (χ1) is 13.5. The summed E-state index contributed by atoms with van der Waals surface area (Å²) in [6, 6.07) is 5.64. The van der Waals surface area contributed by atoms with Gasteiger partial charge >= 0.3 is 0 Å². The number of hydrogen-bond donors (Lipinski definition) is 0. The Hall–Kier alpha value is -2.63. The summed E-state index contributed by atoms with van der Waals surface area (Å²) < 4.78 is 5.53. The fourth-order valence-electron chi connectivity index (χ4n) is 4.55. The van der Waals surface area contributed by atoms with E-state index >= 15 is 0 Å². The minimum Gasteiger partial charge on any atom is -0.466 e. The molecule has 2 aromatic rings. The molecular weight excluding hydrogens is 354 g/mol. The van der Waals surface area contributed by atoms with Crippen LogP contribution in [-0.2, 0) is 11.2 Å². The highest BCUT2D eigenvalue weighted by molar-refractivity contribution is 5.95. The van der Waals surface area contributed by atoms with E-state index in [4.69, 9.17) is 4.42 Å². The van der Waals surface area contributed by atoms with Crippen molar-refractivity contribution in [1.82, 2.24) is 14.8 Å². The monoisotopic (exact) mass is 381 g/mol. The Morgan fingerprint density at radius 3 is 2.46 bits per heavy atom. The van der Waals surface area contributed by atoms with Crippen molar-refractivity contribution >= 4 is 11.8 Å². The van der Waals surface area contributed by atoms with Gasteiger partial charge < -0.3 is 14.2 Å². The molecule has 2 saturated heterocycles. The highest BCUT2D eigenvalue weighted by Gasteiger charge is 2.43. The number of furan rings is 1. The number of pyridine rings is 1. The number of aromatic nitrogens is 1. The van der Waals surface area contributed by atoms with Gasteiger partial charge in [-0.1, -0.05) is 6.07 Å². The molecule has 2 aliphatic heterocycles. The lowest BCUT2D eigenvalue weighted by molar-refractivity contribution is -0.132. The molecule has 0 radical (unpaired) electrons. The van der Waals surface area contributed by atoms with E-state index in [1.165, 1.54) is 0 Å². The Bertz CT molecular complexity index is 866. The van der Waals surface area contributed by atoms with Gasteiger partial charge in [0.2, 0.25) is 5.91 Å². The highest BCUT2D eigenvalue weighted by Crippen LogP contribution is 2.41. The summed E-state index contributed by atoms with van der Waals surface area (Å²) in [6.45, 7) is 6.81. The molecule has 1 spiro atoms. The predicted octanol–water partition coefficient (Wildman–Crippen LogP) is 2.99. The van der Waals surface area contributed by atoms with Crippen LogP contribution in [0.1, 0.15) is 46.7 Å². The van der Waals surface area contributed by atoms with E-state index in [9.17, 15) is 9.59 Å². The van der Waals surface area contributed by atoms with Gasteiger partial charge in [-0.25, -0.2) is 0 Å². The summed E-state index contributed by atoms with van der Waals surface area (Å²) in [5.74, 6) is 1.70. The molecule has 0 bridgehead atoms. The van der Waals surface area contributed by atoms with E-state index in [1.807, 2.05) is 41.8 Å². The number of amides is 2. The molecule has 0 aromatic carbocycles. The summed E-state index contributed by atoms with van der Waals surface area (Å²) in [7, 11) is 0. The lowest BCUT2D eigenvalue weighted by atomic mass is 9.77. The van der Waals surface area contributed by atoms with Crippen LogP contribution < -0.4 is 0 Å². The molecule has 4 rings (SSSR count). The van der Waals surface area contributed by atoms with Crippen LogP contribution in [0.2, 0.25) is 0 Å². The minimum absolute atomic E-state index is 0.0707. The van der Waals surface area contributed by atoms with Crippen LogP contribution in [0, 0.1) is 19.3 Å². The third kappa shape index (κ3) is 3.68. The van der Waals surface area contributed by atoms with Gasteiger partial charge in [-0.3, -0.25) is 14.6 Å². The quantitative estimate of drug-likeness (QED) is 0.820. The van der Waals surface area contributed by atoms with Gasteiger partial charge in [-0.05, 0) is 56.2 Å². The van der Waals surface area contributed by atoms with Crippen LogP contribution in [0.25, 0.3) is 0 Å². The Balaban J connectivity index is 1.34. The van der Waals surface area contributed by atoms with Crippen molar-refractivity contribution in [3.63, 3.8) is 0 Å². The van der Waals surface area contributed by atoms with Crippen LogP contribution in [-0.4, -0.2) is 52.8 Å². The van der Waals surface area contributed by atoms with Gasteiger partial charge in [-0.2, -0.15) is 0 Å². The largest absolute Gasteiger partial charge is 0.466 e. The lowest BCUT2D eigenvalue weighted by Gasteiger charge is -2.39. The summed E-state index contributed by atoms with van der Waals surface area (Å²) in [5, 5.41) is 0. The number of carbonyl (C=O) groups is 2. The van der Waals surface area contributed by atoms with Gasteiger partial charge in [0.05, 0.1) is 12.0 Å². The Morgan fingerprint density at radius 2 is 1.86 bits per heavy atom. The third-order valence-corrected chi connectivity index (χ3v) is 6.25. The number of nitrogens with zero attached hydrogens (tertiary/aromatic N) is 3. The maximum absolute atomic E-state index is 12.9. The molecule has 0 N–H and O–H groups in total. The van der Waals surface area contributed by atoms with E-state index < -0.39 is 0 Å². The molecule has 0 atom stereocenters.